The number of aromatic amines is 1. The molecule has 1 heterocycles. The largest absolute Gasteiger partial charge is 0.367 e. The van der Waals surface area contributed by atoms with Crippen LogP contribution in [0.4, 0.5) is 0 Å². The minimum atomic E-state index is 0.598. The lowest BCUT2D eigenvalue weighted by molar-refractivity contribution is 0.496. The fourth-order valence-electron chi connectivity index (χ4n) is 1.74. The Kier molecular flexibility index (Phi) is 2.17. The van der Waals surface area contributed by atoms with E-state index in [1.165, 1.54) is 18.4 Å². The molecular weight excluding hydrogens is 148 g/mol. The van der Waals surface area contributed by atoms with Crippen molar-refractivity contribution in [2.75, 3.05) is 6.54 Å². The van der Waals surface area contributed by atoms with Gasteiger partial charge in [0.25, 0.3) is 0 Å². The van der Waals surface area contributed by atoms with E-state index in [9.17, 15) is 0 Å². The van der Waals surface area contributed by atoms with Crippen LogP contribution in [0.25, 0.3) is 0 Å². The third-order valence-electron chi connectivity index (χ3n) is 2.50. The second-order valence-corrected chi connectivity index (χ2v) is 3.52. The number of hydrogen-bond acceptors (Lipinski definition) is 1. The van der Waals surface area contributed by atoms with Crippen molar-refractivity contribution in [2.24, 2.45) is 5.92 Å². The first-order valence-electron chi connectivity index (χ1n) is 4.78. The first kappa shape index (κ1) is 7.87. The van der Waals surface area contributed by atoms with Crippen molar-refractivity contribution >= 4 is 0 Å². The molecule has 2 N–H and O–H groups in total. The molecule has 1 aromatic rings. The van der Waals surface area contributed by atoms with Crippen LogP contribution in [0.1, 0.15) is 31.4 Å². The number of rotatable bonds is 4. The van der Waals surface area contributed by atoms with Crippen molar-refractivity contribution in [3.8, 4) is 0 Å². The molecule has 0 saturated heterocycles. The monoisotopic (exact) mass is 164 g/mol. The summed E-state index contributed by atoms with van der Waals surface area (Å²) in [4.78, 5) is 3.11. The van der Waals surface area contributed by atoms with Gasteiger partial charge in [0.15, 0.2) is 0 Å². The Morgan fingerprint density at radius 3 is 3.00 bits per heavy atom. The van der Waals surface area contributed by atoms with Gasteiger partial charge >= 0.3 is 0 Å². The Labute approximate surface area is 73.4 Å². The lowest BCUT2D eigenvalue weighted by atomic mass is 10.1. The molecule has 2 rings (SSSR count). The summed E-state index contributed by atoms with van der Waals surface area (Å²) in [5, 5.41) is 3.53. The second-order valence-electron chi connectivity index (χ2n) is 3.52. The highest BCUT2D eigenvalue weighted by Crippen LogP contribution is 2.40. The molecule has 66 valence electrons. The highest BCUT2D eigenvalue weighted by molar-refractivity contribution is 5.16. The summed E-state index contributed by atoms with van der Waals surface area (Å²) < 4.78 is 0. The van der Waals surface area contributed by atoms with Gasteiger partial charge in [0.05, 0.1) is 0 Å². The normalized spacial score (nSPS) is 19.4. The molecule has 0 aliphatic heterocycles. The zero-order valence-electron chi connectivity index (χ0n) is 7.51. The SMILES string of the molecule is CCNC(c1cc[nH]c1)C1CC1. The van der Waals surface area contributed by atoms with Crippen molar-refractivity contribution < 1.29 is 0 Å². The first-order chi connectivity index (χ1) is 5.92. The van der Waals surface area contributed by atoms with E-state index >= 15 is 0 Å². The minimum absolute atomic E-state index is 0.598. The summed E-state index contributed by atoms with van der Waals surface area (Å²) in [5.41, 5.74) is 1.42. The molecular formula is C10H16N2. The average molecular weight is 164 g/mol. The quantitative estimate of drug-likeness (QED) is 0.700. The van der Waals surface area contributed by atoms with E-state index < -0.39 is 0 Å². The summed E-state index contributed by atoms with van der Waals surface area (Å²) in [6.07, 6.45) is 6.89. The number of nitrogens with one attached hydrogen (secondary N) is 2. The molecule has 0 aromatic carbocycles. The molecule has 1 aliphatic rings. The average Bonchev–Trinajstić information content (AvgIpc) is 2.77. The zero-order valence-corrected chi connectivity index (χ0v) is 7.51. The smallest absolute Gasteiger partial charge is 0.0363 e. The Morgan fingerprint density at radius 1 is 1.67 bits per heavy atom. The molecule has 1 atom stereocenters. The number of aromatic nitrogens is 1. The van der Waals surface area contributed by atoms with E-state index in [0.717, 1.165) is 12.5 Å². The van der Waals surface area contributed by atoms with Crippen LogP contribution in [0, 0.1) is 5.92 Å². The fraction of sp³-hybridized carbons (Fsp3) is 0.600. The topological polar surface area (TPSA) is 27.8 Å². The molecule has 0 amide bonds. The van der Waals surface area contributed by atoms with Gasteiger partial charge in [-0.2, -0.15) is 0 Å². The molecule has 1 aromatic heterocycles. The Morgan fingerprint density at radius 2 is 2.50 bits per heavy atom. The lowest BCUT2D eigenvalue weighted by Crippen LogP contribution is -2.21. The van der Waals surface area contributed by atoms with Gasteiger partial charge in [-0.1, -0.05) is 6.92 Å². The molecule has 1 aliphatic carbocycles. The van der Waals surface area contributed by atoms with Crippen LogP contribution >= 0.6 is 0 Å². The summed E-state index contributed by atoms with van der Waals surface area (Å²) in [6.45, 7) is 3.23. The van der Waals surface area contributed by atoms with Gasteiger partial charge in [-0.3, -0.25) is 0 Å². The Balaban J connectivity index is 2.05. The van der Waals surface area contributed by atoms with Gasteiger partial charge in [0.2, 0.25) is 0 Å². The fourth-order valence-corrected chi connectivity index (χ4v) is 1.74. The van der Waals surface area contributed by atoms with E-state index in [-0.39, 0.29) is 0 Å². The molecule has 0 spiro atoms. The van der Waals surface area contributed by atoms with Crippen LogP contribution in [0.15, 0.2) is 18.5 Å². The predicted molar refractivity (Wildman–Crippen MR) is 49.9 cm³/mol. The predicted octanol–water partition coefficient (Wildman–Crippen LogP) is 2.08. The van der Waals surface area contributed by atoms with Crippen LogP contribution in [0.2, 0.25) is 0 Å². The summed E-state index contributed by atoms with van der Waals surface area (Å²) in [5.74, 6) is 0.890. The van der Waals surface area contributed by atoms with Crippen LogP contribution < -0.4 is 5.32 Å². The van der Waals surface area contributed by atoms with Crippen molar-refractivity contribution in [1.29, 1.82) is 0 Å². The van der Waals surface area contributed by atoms with E-state index in [2.05, 4.69) is 29.5 Å². The lowest BCUT2D eigenvalue weighted by Gasteiger charge is -2.15. The molecule has 0 bridgehead atoms. The van der Waals surface area contributed by atoms with Crippen molar-refractivity contribution in [3.05, 3.63) is 24.0 Å². The van der Waals surface area contributed by atoms with E-state index in [4.69, 9.17) is 0 Å². The molecule has 1 saturated carbocycles. The molecule has 1 fully saturated rings. The van der Waals surface area contributed by atoms with Gasteiger partial charge in [-0.15, -0.1) is 0 Å². The van der Waals surface area contributed by atoms with Crippen LogP contribution in [-0.2, 0) is 0 Å². The van der Waals surface area contributed by atoms with Gasteiger partial charge in [0.1, 0.15) is 0 Å². The maximum absolute atomic E-state index is 3.53. The van der Waals surface area contributed by atoms with Crippen molar-refractivity contribution in [2.45, 2.75) is 25.8 Å². The highest BCUT2D eigenvalue weighted by atomic mass is 14.9. The number of hydrogen-bond donors (Lipinski definition) is 2. The van der Waals surface area contributed by atoms with Crippen molar-refractivity contribution in [3.63, 3.8) is 0 Å². The number of H-pyrrole nitrogens is 1. The van der Waals surface area contributed by atoms with Gasteiger partial charge in [-0.05, 0) is 36.9 Å². The molecule has 1 unspecified atom stereocenters. The van der Waals surface area contributed by atoms with Crippen LogP contribution in [-0.4, -0.2) is 11.5 Å². The van der Waals surface area contributed by atoms with Crippen molar-refractivity contribution in [1.82, 2.24) is 10.3 Å². The van der Waals surface area contributed by atoms with E-state index in [1.54, 1.807) is 0 Å². The second kappa shape index (κ2) is 3.31. The third-order valence-corrected chi connectivity index (χ3v) is 2.50. The summed E-state index contributed by atoms with van der Waals surface area (Å²) in [6, 6.07) is 2.77. The molecule has 12 heavy (non-hydrogen) atoms. The summed E-state index contributed by atoms with van der Waals surface area (Å²) >= 11 is 0. The van der Waals surface area contributed by atoms with E-state index in [1.807, 2.05) is 6.20 Å². The standard InChI is InChI=1S/C10H16N2/c1-2-12-10(8-3-4-8)9-5-6-11-7-9/h5-8,10-12H,2-4H2,1H3. The van der Waals surface area contributed by atoms with E-state index in [0.29, 0.717) is 6.04 Å². The van der Waals surface area contributed by atoms with Gasteiger partial charge in [-0.25, -0.2) is 0 Å². The third kappa shape index (κ3) is 1.53. The Hall–Kier alpha value is -0.760. The molecule has 0 radical (unpaired) electrons. The maximum atomic E-state index is 3.53. The molecule has 2 heteroatoms. The highest BCUT2D eigenvalue weighted by Gasteiger charge is 2.31. The maximum Gasteiger partial charge on any atom is 0.0363 e. The van der Waals surface area contributed by atoms with Gasteiger partial charge < -0.3 is 10.3 Å². The van der Waals surface area contributed by atoms with Gasteiger partial charge in [0, 0.05) is 18.4 Å². The van der Waals surface area contributed by atoms with Crippen LogP contribution in [0.5, 0.6) is 0 Å². The van der Waals surface area contributed by atoms with Crippen LogP contribution in [0.3, 0.4) is 0 Å². The Bertz CT molecular complexity index is 224. The summed E-state index contributed by atoms with van der Waals surface area (Å²) in [7, 11) is 0. The zero-order chi connectivity index (χ0) is 8.39. The molecule has 2 nitrogen and oxygen atoms in total. The first-order valence-corrected chi connectivity index (χ1v) is 4.78. The minimum Gasteiger partial charge on any atom is -0.367 e.